The first kappa shape index (κ1) is 21.6. The van der Waals surface area contributed by atoms with E-state index in [-0.39, 0.29) is 6.61 Å². The van der Waals surface area contributed by atoms with Gasteiger partial charge in [-0.15, -0.1) is 11.3 Å². The Balaban J connectivity index is 1.55. The fraction of sp³-hybridized carbons (Fsp3) is 0.0741. The van der Waals surface area contributed by atoms with E-state index in [0.717, 1.165) is 32.3 Å². The molecule has 0 aliphatic rings. The van der Waals surface area contributed by atoms with Gasteiger partial charge in [0, 0.05) is 11.1 Å². The molecule has 0 aliphatic carbocycles. The van der Waals surface area contributed by atoms with Crippen LogP contribution in [0.5, 0.6) is 5.75 Å². The summed E-state index contributed by atoms with van der Waals surface area (Å²) < 4.78 is 15.9. The third kappa shape index (κ3) is 4.46. The molecular weight excluding hydrogens is 448 g/mol. The van der Waals surface area contributed by atoms with Crippen LogP contribution in [0.3, 0.4) is 0 Å². The van der Waals surface area contributed by atoms with Crippen molar-refractivity contribution < 1.29 is 18.7 Å². The third-order valence-electron chi connectivity index (χ3n) is 5.16. The highest BCUT2D eigenvalue weighted by atomic mass is 32.1. The maximum absolute atomic E-state index is 11.4. The number of hydrogen-bond donors (Lipinski definition) is 0. The smallest absolute Gasteiger partial charge is 0.343 e. The summed E-state index contributed by atoms with van der Waals surface area (Å²) >= 11 is 1.57. The molecule has 0 fully saturated rings. The zero-order valence-corrected chi connectivity index (χ0v) is 19.1. The van der Waals surface area contributed by atoms with Crippen LogP contribution in [0.25, 0.3) is 43.7 Å². The second kappa shape index (κ2) is 9.72. The van der Waals surface area contributed by atoms with Crippen molar-refractivity contribution in [2.45, 2.75) is 0 Å². The summed E-state index contributed by atoms with van der Waals surface area (Å²) in [5, 5.41) is 0.752. The molecule has 168 valence electrons. The number of rotatable bonds is 7. The molecule has 7 heteroatoms. The predicted molar refractivity (Wildman–Crippen MR) is 131 cm³/mol. The normalized spacial score (nSPS) is 10.7. The minimum atomic E-state index is -0.449. The third-order valence-corrected chi connectivity index (χ3v) is 6.27. The second-order valence-electron chi connectivity index (χ2n) is 7.35. The molecule has 0 radical (unpaired) electrons. The lowest BCUT2D eigenvalue weighted by atomic mass is 10.1. The number of carbonyl (C=O) groups excluding carboxylic acids is 1. The van der Waals surface area contributed by atoms with E-state index in [1.807, 2.05) is 48.5 Å². The van der Waals surface area contributed by atoms with E-state index in [0.29, 0.717) is 17.2 Å². The highest BCUT2D eigenvalue weighted by Gasteiger charge is 2.21. The number of esters is 1. The van der Waals surface area contributed by atoms with E-state index in [2.05, 4.69) is 34.0 Å². The molecule has 0 spiro atoms. The average molecular weight is 469 g/mol. The molecule has 0 N–H and O–H groups in total. The summed E-state index contributed by atoms with van der Waals surface area (Å²) in [4.78, 5) is 22.0. The van der Waals surface area contributed by atoms with Gasteiger partial charge in [-0.1, -0.05) is 72.8 Å². The number of ether oxygens (including phenoxy) is 2. The SMILES string of the molecule is COC(=O)COc1cccc(-c2ocnc2-c2nc(-c3ccccc3)c(-c3ccccc3)s2)c1. The van der Waals surface area contributed by atoms with Gasteiger partial charge in [0.25, 0.3) is 0 Å². The fourth-order valence-corrected chi connectivity index (χ4v) is 4.62. The maximum atomic E-state index is 11.4. The Labute approximate surface area is 200 Å². The quantitative estimate of drug-likeness (QED) is 0.259. The first-order valence-corrected chi connectivity index (χ1v) is 11.4. The standard InChI is InChI=1S/C27H20N2O4S/c1-31-22(30)16-32-21-14-8-13-20(15-21)25-24(28-17-33-25)27-29-23(18-9-4-2-5-10-18)26(34-27)19-11-6-3-7-12-19/h2-15,17H,16H2,1H3. The van der Waals surface area contributed by atoms with Crippen LogP contribution >= 0.6 is 11.3 Å². The Hall–Kier alpha value is -4.23. The minimum Gasteiger partial charge on any atom is -0.482 e. The lowest BCUT2D eigenvalue weighted by Crippen LogP contribution is -2.12. The van der Waals surface area contributed by atoms with Crippen molar-refractivity contribution in [3.8, 4) is 49.5 Å². The van der Waals surface area contributed by atoms with Gasteiger partial charge in [0.1, 0.15) is 16.5 Å². The zero-order valence-electron chi connectivity index (χ0n) is 18.3. The van der Waals surface area contributed by atoms with Gasteiger partial charge in [-0.2, -0.15) is 0 Å². The first-order chi connectivity index (χ1) is 16.7. The van der Waals surface area contributed by atoms with Gasteiger partial charge >= 0.3 is 5.97 Å². The highest BCUT2D eigenvalue weighted by Crippen LogP contribution is 2.42. The predicted octanol–water partition coefficient (Wildman–Crippen LogP) is 6.35. The second-order valence-corrected chi connectivity index (χ2v) is 8.35. The molecule has 34 heavy (non-hydrogen) atoms. The molecular formula is C27H20N2O4S. The van der Waals surface area contributed by atoms with Gasteiger partial charge in [-0.3, -0.25) is 0 Å². The molecule has 0 saturated carbocycles. The summed E-state index contributed by atoms with van der Waals surface area (Å²) in [5.74, 6) is 0.659. The Morgan fingerprint density at radius 3 is 2.32 bits per heavy atom. The summed E-state index contributed by atoms with van der Waals surface area (Å²) in [6.07, 6.45) is 1.42. The summed E-state index contributed by atoms with van der Waals surface area (Å²) in [7, 11) is 1.32. The number of oxazole rings is 1. The largest absolute Gasteiger partial charge is 0.482 e. The molecule has 3 aromatic carbocycles. The van der Waals surface area contributed by atoms with Gasteiger partial charge in [0.05, 0.1) is 17.7 Å². The van der Waals surface area contributed by atoms with Crippen LogP contribution in [0, 0.1) is 0 Å². The van der Waals surface area contributed by atoms with Gasteiger partial charge in [0.2, 0.25) is 0 Å². The Morgan fingerprint density at radius 2 is 1.59 bits per heavy atom. The number of carbonyl (C=O) groups is 1. The van der Waals surface area contributed by atoms with Crippen molar-refractivity contribution in [1.82, 2.24) is 9.97 Å². The van der Waals surface area contributed by atoms with Crippen LogP contribution in [-0.4, -0.2) is 29.7 Å². The number of hydrogen-bond acceptors (Lipinski definition) is 7. The summed E-state index contributed by atoms with van der Waals surface area (Å²) in [6.45, 7) is -0.170. The topological polar surface area (TPSA) is 74.5 Å². The van der Waals surface area contributed by atoms with Crippen molar-refractivity contribution in [3.63, 3.8) is 0 Å². The lowest BCUT2D eigenvalue weighted by molar-refractivity contribution is -0.142. The molecule has 6 nitrogen and oxygen atoms in total. The van der Waals surface area contributed by atoms with Gasteiger partial charge in [-0.25, -0.2) is 14.8 Å². The molecule has 0 amide bonds. The number of methoxy groups -OCH3 is 1. The van der Waals surface area contributed by atoms with Crippen LogP contribution in [0.1, 0.15) is 0 Å². The Kier molecular flexibility index (Phi) is 6.18. The zero-order chi connectivity index (χ0) is 23.3. The van der Waals surface area contributed by atoms with E-state index < -0.39 is 5.97 Å². The van der Waals surface area contributed by atoms with Crippen molar-refractivity contribution >= 4 is 17.3 Å². The van der Waals surface area contributed by atoms with Crippen LogP contribution < -0.4 is 4.74 Å². The van der Waals surface area contributed by atoms with E-state index in [9.17, 15) is 4.79 Å². The van der Waals surface area contributed by atoms with Gasteiger partial charge in [-0.05, 0) is 17.7 Å². The van der Waals surface area contributed by atoms with Crippen molar-refractivity contribution in [2.24, 2.45) is 0 Å². The molecule has 0 atom stereocenters. The molecule has 0 saturated heterocycles. The highest BCUT2D eigenvalue weighted by molar-refractivity contribution is 7.19. The van der Waals surface area contributed by atoms with Crippen molar-refractivity contribution in [1.29, 1.82) is 0 Å². The van der Waals surface area contributed by atoms with Gasteiger partial charge in [0.15, 0.2) is 18.8 Å². The number of benzene rings is 3. The minimum absolute atomic E-state index is 0.170. The van der Waals surface area contributed by atoms with E-state index in [4.69, 9.17) is 14.1 Å². The summed E-state index contributed by atoms with van der Waals surface area (Å²) in [6, 6.07) is 27.6. The van der Waals surface area contributed by atoms with Crippen LogP contribution in [0.4, 0.5) is 0 Å². The Morgan fingerprint density at radius 1 is 0.882 bits per heavy atom. The van der Waals surface area contributed by atoms with Crippen LogP contribution in [0.2, 0.25) is 0 Å². The molecule has 0 unspecified atom stereocenters. The lowest BCUT2D eigenvalue weighted by Gasteiger charge is -2.06. The van der Waals surface area contributed by atoms with E-state index >= 15 is 0 Å². The van der Waals surface area contributed by atoms with E-state index in [1.165, 1.54) is 13.5 Å². The molecule has 0 aliphatic heterocycles. The van der Waals surface area contributed by atoms with E-state index in [1.54, 1.807) is 23.5 Å². The fourth-order valence-electron chi connectivity index (χ4n) is 3.53. The average Bonchev–Trinajstić information content (AvgIpc) is 3.56. The number of aromatic nitrogens is 2. The monoisotopic (exact) mass is 468 g/mol. The molecule has 0 bridgehead atoms. The number of nitrogens with zero attached hydrogens (tertiary/aromatic N) is 2. The molecule has 5 aromatic rings. The van der Waals surface area contributed by atoms with Crippen molar-refractivity contribution in [3.05, 3.63) is 91.3 Å². The van der Waals surface area contributed by atoms with Gasteiger partial charge < -0.3 is 13.9 Å². The van der Waals surface area contributed by atoms with Crippen molar-refractivity contribution in [2.75, 3.05) is 13.7 Å². The molecule has 2 aromatic heterocycles. The molecule has 5 rings (SSSR count). The number of thiazole rings is 1. The maximum Gasteiger partial charge on any atom is 0.343 e. The first-order valence-electron chi connectivity index (χ1n) is 10.6. The van der Waals surface area contributed by atoms with Crippen LogP contribution in [-0.2, 0) is 9.53 Å². The Bertz CT molecular complexity index is 1350. The summed E-state index contributed by atoms with van der Waals surface area (Å²) in [5.41, 5.74) is 4.44. The molecule has 2 heterocycles. The van der Waals surface area contributed by atoms with Crippen LogP contribution in [0.15, 0.2) is 95.7 Å².